The van der Waals surface area contributed by atoms with Gasteiger partial charge in [-0.05, 0) is 50.5 Å². The van der Waals surface area contributed by atoms with Crippen molar-refractivity contribution in [2.45, 2.75) is 32.6 Å². The Kier molecular flexibility index (Phi) is 5.42. The molecule has 0 aliphatic carbocycles. The van der Waals surface area contributed by atoms with Crippen LogP contribution in [0.2, 0.25) is 0 Å². The summed E-state index contributed by atoms with van der Waals surface area (Å²) in [6.45, 7) is 7.35. The molecule has 0 bridgehead atoms. The van der Waals surface area contributed by atoms with Crippen LogP contribution in [0.5, 0.6) is 5.75 Å². The maximum absolute atomic E-state index is 11.5. The number of hydrogen-bond acceptors (Lipinski definition) is 4. The van der Waals surface area contributed by atoms with Crippen LogP contribution in [0.1, 0.15) is 23.6 Å². The topological polar surface area (TPSA) is 72.5 Å². The highest BCUT2D eigenvalue weighted by Gasteiger charge is 2.19. The number of carbonyl (C=O) groups excluding carboxylic acids is 1. The molecule has 7 heteroatoms. The van der Waals surface area contributed by atoms with Crippen LogP contribution in [0, 0.1) is 20.8 Å². The number of nitrogens with one attached hydrogen (secondary N) is 1. The lowest BCUT2D eigenvalue weighted by Crippen LogP contribution is -2.28. The van der Waals surface area contributed by atoms with E-state index >= 15 is 0 Å². The van der Waals surface area contributed by atoms with Crippen LogP contribution in [-0.2, 0) is 13.8 Å². The predicted octanol–water partition coefficient (Wildman–Crippen LogP) is 2.05. The first-order chi connectivity index (χ1) is 9.18. The van der Waals surface area contributed by atoms with Crippen molar-refractivity contribution >= 4 is 25.6 Å². The van der Waals surface area contributed by atoms with Crippen molar-refractivity contribution in [3.8, 4) is 5.75 Å². The molecule has 1 amide bonds. The van der Waals surface area contributed by atoms with Gasteiger partial charge in [0.1, 0.15) is 5.75 Å². The number of rotatable bonds is 5. The summed E-state index contributed by atoms with van der Waals surface area (Å²) in [4.78, 5) is 11.5. The Bertz CT molecular complexity index is 626. The summed E-state index contributed by atoms with van der Waals surface area (Å²) in [5, 5.41) is 2.62. The third-order valence-corrected chi connectivity index (χ3v) is 4.41. The van der Waals surface area contributed by atoms with Crippen molar-refractivity contribution in [1.82, 2.24) is 5.32 Å². The molecule has 0 atom stereocenters. The number of benzene rings is 1. The number of halogens is 1. The van der Waals surface area contributed by atoms with Crippen molar-refractivity contribution in [2.24, 2.45) is 0 Å². The number of aryl methyl sites for hydroxylation is 1. The summed E-state index contributed by atoms with van der Waals surface area (Å²) in [5.41, 5.74) is 1.81. The summed E-state index contributed by atoms with van der Waals surface area (Å²) in [6, 6.07) is 1.46. The lowest BCUT2D eigenvalue weighted by molar-refractivity contribution is -0.123. The second-order valence-corrected chi connectivity index (χ2v) is 6.99. The minimum absolute atomic E-state index is 0.0690. The van der Waals surface area contributed by atoms with E-state index in [-0.39, 0.29) is 17.4 Å². The van der Waals surface area contributed by atoms with Gasteiger partial charge in [0.05, 0.1) is 4.90 Å². The standard InChI is InChI=1S/C13H18ClNO4S/c1-5-15-12(16)7-19-13-8(2)6-11(20(14,17)18)9(3)10(13)4/h6H,5,7H2,1-4H3,(H,15,16). The fraction of sp³-hybridized carbons (Fsp3) is 0.462. The summed E-state index contributed by atoms with van der Waals surface area (Å²) in [6.07, 6.45) is 0. The highest BCUT2D eigenvalue weighted by Crippen LogP contribution is 2.32. The van der Waals surface area contributed by atoms with E-state index in [4.69, 9.17) is 15.4 Å². The molecule has 0 spiro atoms. The average molecular weight is 320 g/mol. The maximum Gasteiger partial charge on any atom is 0.261 e. The molecule has 1 rings (SSSR count). The predicted molar refractivity (Wildman–Crippen MR) is 77.9 cm³/mol. The third-order valence-electron chi connectivity index (χ3n) is 2.96. The molecule has 0 saturated heterocycles. The zero-order chi connectivity index (χ0) is 15.5. The van der Waals surface area contributed by atoms with E-state index in [0.717, 1.165) is 0 Å². The largest absolute Gasteiger partial charge is 0.483 e. The molecule has 1 aromatic carbocycles. The van der Waals surface area contributed by atoms with Crippen molar-refractivity contribution in [1.29, 1.82) is 0 Å². The van der Waals surface area contributed by atoms with Gasteiger partial charge in [0.15, 0.2) is 6.61 Å². The molecular weight excluding hydrogens is 302 g/mol. The molecule has 0 aromatic heterocycles. The highest BCUT2D eigenvalue weighted by molar-refractivity contribution is 8.13. The highest BCUT2D eigenvalue weighted by atomic mass is 35.7. The van der Waals surface area contributed by atoms with Crippen LogP contribution in [-0.4, -0.2) is 27.5 Å². The van der Waals surface area contributed by atoms with Gasteiger partial charge >= 0.3 is 0 Å². The Labute approximate surface area is 123 Å². The van der Waals surface area contributed by atoms with Gasteiger partial charge in [0.25, 0.3) is 15.0 Å². The molecule has 1 aromatic rings. The molecule has 0 fully saturated rings. The molecule has 1 N–H and O–H groups in total. The van der Waals surface area contributed by atoms with Gasteiger partial charge in [-0.15, -0.1) is 0 Å². The number of amides is 1. The summed E-state index contributed by atoms with van der Waals surface area (Å²) >= 11 is 0. The number of carbonyl (C=O) groups is 1. The fourth-order valence-electron chi connectivity index (χ4n) is 1.88. The lowest BCUT2D eigenvalue weighted by Gasteiger charge is -2.16. The van der Waals surface area contributed by atoms with Crippen molar-refractivity contribution in [3.05, 3.63) is 22.8 Å². The smallest absolute Gasteiger partial charge is 0.261 e. The summed E-state index contributed by atoms with van der Waals surface area (Å²) < 4.78 is 28.4. The van der Waals surface area contributed by atoms with Crippen LogP contribution >= 0.6 is 10.7 Å². The molecule has 0 aliphatic heterocycles. The third kappa shape index (κ3) is 3.86. The maximum atomic E-state index is 11.5. The molecule has 0 unspecified atom stereocenters. The Balaban J connectivity index is 3.12. The lowest BCUT2D eigenvalue weighted by atomic mass is 10.1. The zero-order valence-corrected chi connectivity index (χ0v) is 13.5. The number of hydrogen-bond donors (Lipinski definition) is 1. The van der Waals surface area contributed by atoms with Gasteiger partial charge in [-0.3, -0.25) is 4.79 Å². The summed E-state index contributed by atoms with van der Waals surface area (Å²) in [7, 11) is 1.60. The summed E-state index contributed by atoms with van der Waals surface area (Å²) in [5.74, 6) is 0.288. The van der Waals surface area contributed by atoms with Crippen LogP contribution < -0.4 is 10.1 Å². The van der Waals surface area contributed by atoms with E-state index < -0.39 is 9.05 Å². The van der Waals surface area contributed by atoms with E-state index in [2.05, 4.69) is 5.32 Å². The fourth-order valence-corrected chi connectivity index (χ4v) is 3.20. The van der Waals surface area contributed by atoms with Gasteiger partial charge in [-0.1, -0.05) is 0 Å². The minimum Gasteiger partial charge on any atom is -0.483 e. The van der Waals surface area contributed by atoms with Crippen molar-refractivity contribution in [2.75, 3.05) is 13.2 Å². The zero-order valence-electron chi connectivity index (χ0n) is 11.9. The quantitative estimate of drug-likeness (QED) is 0.843. The molecule has 0 heterocycles. The van der Waals surface area contributed by atoms with Gasteiger partial charge in [-0.25, -0.2) is 8.42 Å². The first-order valence-electron chi connectivity index (χ1n) is 6.13. The molecule has 0 radical (unpaired) electrons. The van der Waals surface area contributed by atoms with Crippen LogP contribution in [0.15, 0.2) is 11.0 Å². The molecule has 5 nitrogen and oxygen atoms in total. The van der Waals surface area contributed by atoms with Gasteiger partial charge in [0, 0.05) is 17.2 Å². The van der Waals surface area contributed by atoms with Crippen LogP contribution in [0.4, 0.5) is 0 Å². The van der Waals surface area contributed by atoms with E-state index in [1.807, 2.05) is 6.92 Å². The van der Waals surface area contributed by atoms with E-state index in [1.54, 1.807) is 20.8 Å². The first-order valence-corrected chi connectivity index (χ1v) is 8.44. The SMILES string of the molecule is CCNC(=O)COc1c(C)cc(S(=O)(=O)Cl)c(C)c1C. The molecular formula is C13H18ClNO4S. The van der Waals surface area contributed by atoms with Gasteiger partial charge in [-0.2, -0.15) is 0 Å². The normalized spacial score (nSPS) is 11.2. The van der Waals surface area contributed by atoms with Crippen molar-refractivity contribution < 1.29 is 17.9 Å². The van der Waals surface area contributed by atoms with Crippen molar-refractivity contribution in [3.63, 3.8) is 0 Å². The second-order valence-electron chi connectivity index (χ2n) is 4.45. The molecule has 112 valence electrons. The van der Waals surface area contributed by atoms with E-state index in [0.29, 0.717) is 29.0 Å². The van der Waals surface area contributed by atoms with Gasteiger partial charge < -0.3 is 10.1 Å². The first kappa shape index (κ1) is 16.8. The second kappa shape index (κ2) is 6.45. The monoisotopic (exact) mass is 319 g/mol. The average Bonchev–Trinajstić information content (AvgIpc) is 2.32. The van der Waals surface area contributed by atoms with E-state index in [9.17, 15) is 13.2 Å². The molecule has 20 heavy (non-hydrogen) atoms. The Morgan fingerprint density at radius 3 is 2.40 bits per heavy atom. The van der Waals surface area contributed by atoms with E-state index in [1.165, 1.54) is 6.07 Å². The molecule has 0 aliphatic rings. The Hall–Kier alpha value is -1.27. The van der Waals surface area contributed by atoms with Crippen LogP contribution in [0.25, 0.3) is 0 Å². The number of likely N-dealkylation sites (N-methyl/N-ethyl adjacent to an activating group) is 1. The Morgan fingerprint density at radius 2 is 1.90 bits per heavy atom. The Morgan fingerprint density at radius 1 is 1.30 bits per heavy atom. The minimum atomic E-state index is -3.80. The molecule has 0 saturated carbocycles. The van der Waals surface area contributed by atoms with Crippen LogP contribution in [0.3, 0.4) is 0 Å². The number of ether oxygens (including phenoxy) is 1. The van der Waals surface area contributed by atoms with Gasteiger partial charge in [0.2, 0.25) is 0 Å².